The van der Waals surface area contributed by atoms with Crippen LogP contribution < -0.4 is 0 Å². The van der Waals surface area contributed by atoms with Gasteiger partial charge in [-0.3, -0.25) is 4.79 Å². The largest absolute Gasteiger partial charge is 0.378 e. The number of rotatable bonds is 7. The number of carbonyl (C=O) groups excluding carboxylic acids is 1. The second-order valence-corrected chi connectivity index (χ2v) is 11.1. The van der Waals surface area contributed by atoms with Crippen molar-refractivity contribution in [2.75, 3.05) is 45.1 Å². The Morgan fingerprint density at radius 3 is 2.30 bits per heavy atom. The van der Waals surface area contributed by atoms with E-state index in [0.717, 1.165) is 31.2 Å². The van der Waals surface area contributed by atoms with Gasteiger partial charge in [-0.25, -0.2) is 8.42 Å². The van der Waals surface area contributed by atoms with Crippen LogP contribution in [0.15, 0.2) is 34.3 Å². The van der Waals surface area contributed by atoms with E-state index in [4.69, 9.17) is 4.74 Å². The maximum absolute atomic E-state index is 13.0. The van der Waals surface area contributed by atoms with Crippen LogP contribution in [0, 0.1) is 0 Å². The topological polar surface area (TPSA) is 97.6 Å². The lowest BCUT2D eigenvalue weighted by atomic mass is 10.2. The number of aromatic nitrogens is 3. The van der Waals surface area contributed by atoms with E-state index in [-0.39, 0.29) is 5.91 Å². The molecule has 0 atom stereocenters. The van der Waals surface area contributed by atoms with Crippen LogP contribution in [0.3, 0.4) is 0 Å². The number of nitrogens with zero attached hydrogens (tertiary/aromatic N) is 5. The van der Waals surface area contributed by atoms with Crippen LogP contribution in [-0.4, -0.2) is 83.4 Å². The normalized spacial score (nSPS) is 18.3. The van der Waals surface area contributed by atoms with Gasteiger partial charge in [-0.1, -0.05) is 24.6 Å². The third-order valence-electron chi connectivity index (χ3n) is 6.04. The van der Waals surface area contributed by atoms with Gasteiger partial charge in [-0.15, -0.1) is 10.2 Å². The number of hydrogen-bond acceptors (Lipinski definition) is 7. The number of morpholine rings is 1. The first-order valence-electron chi connectivity index (χ1n) is 11.5. The first-order chi connectivity index (χ1) is 16.0. The number of thioether (sulfide) groups is 1. The van der Waals surface area contributed by atoms with Crippen LogP contribution in [0.25, 0.3) is 11.4 Å². The minimum absolute atomic E-state index is 0.0681. The molecule has 0 spiro atoms. The Bertz CT molecular complexity index is 1040. The predicted octanol–water partition coefficient (Wildman–Crippen LogP) is 2.48. The fourth-order valence-corrected chi connectivity index (χ4v) is 6.55. The quantitative estimate of drug-likeness (QED) is 0.547. The van der Waals surface area contributed by atoms with E-state index in [1.165, 1.54) is 11.8 Å². The smallest absolute Gasteiger partial charge is 0.243 e. The van der Waals surface area contributed by atoms with Crippen LogP contribution in [0.2, 0.25) is 0 Å². The Morgan fingerprint density at radius 1 is 1.00 bits per heavy atom. The fourth-order valence-electron chi connectivity index (χ4n) is 4.13. The highest BCUT2D eigenvalue weighted by Crippen LogP contribution is 2.27. The van der Waals surface area contributed by atoms with Gasteiger partial charge < -0.3 is 14.2 Å². The van der Waals surface area contributed by atoms with Crippen LogP contribution in [0.1, 0.15) is 32.6 Å². The van der Waals surface area contributed by atoms with Gasteiger partial charge in [0.15, 0.2) is 11.0 Å². The van der Waals surface area contributed by atoms with E-state index in [9.17, 15) is 13.2 Å². The summed E-state index contributed by atoms with van der Waals surface area (Å²) in [4.78, 5) is 14.6. The molecule has 9 nitrogen and oxygen atoms in total. The molecule has 2 fully saturated rings. The van der Waals surface area contributed by atoms with Gasteiger partial charge in [0, 0.05) is 38.3 Å². The molecule has 180 valence electrons. The molecular formula is C22H31N5O4S2. The van der Waals surface area contributed by atoms with Crippen molar-refractivity contribution < 1.29 is 17.9 Å². The van der Waals surface area contributed by atoms with Gasteiger partial charge in [0.1, 0.15) is 0 Å². The molecule has 1 aromatic heterocycles. The molecule has 2 aliphatic rings. The molecule has 1 aromatic carbocycles. The van der Waals surface area contributed by atoms with Crippen molar-refractivity contribution in [1.82, 2.24) is 24.0 Å². The predicted molar refractivity (Wildman–Crippen MR) is 126 cm³/mol. The SMILES string of the molecule is CCn1c(SCC(=O)N2CCOCC2)nnc1-c1ccc(S(=O)(=O)N2CCCCCC2)cc1. The second kappa shape index (κ2) is 11.0. The average molecular weight is 494 g/mol. The molecule has 0 aliphatic carbocycles. The summed E-state index contributed by atoms with van der Waals surface area (Å²) in [6.45, 7) is 6.21. The van der Waals surface area contributed by atoms with Crippen molar-refractivity contribution >= 4 is 27.7 Å². The van der Waals surface area contributed by atoms with Gasteiger partial charge >= 0.3 is 0 Å². The number of carbonyl (C=O) groups is 1. The third kappa shape index (κ3) is 5.59. The van der Waals surface area contributed by atoms with Gasteiger partial charge in [-0.05, 0) is 44.0 Å². The minimum atomic E-state index is -3.49. The number of ether oxygens (including phenoxy) is 1. The summed E-state index contributed by atoms with van der Waals surface area (Å²) in [5.41, 5.74) is 0.797. The Morgan fingerprint density at radius 2 is 1.67 bits per heavy atom. The molecular weight excluding hydrogens is 462 g/mol. The summed E-state index contributed by atoms with van der Waals surface area (Å²) < 4.78 is 34.9. The molecule has 2 saturated heterocycles. The lowest BCUT2D eigenvalue weighted by Crippen LogP contribution is -2.41. The average Bonchev–Trinajstić information content (AvgIpc) is 3.05. The summed E-state index contributed by atoms with van der Waals surface area (Å²) >= 11 is 1.37. The van der Waals surface area contributed by atoms with E-state index in [1.54, 1.807) is 28.6 Å². The van der Waals surface area contributed by atoms with E-state index in [1.807, 2.05) is 16.4 Å². The highest BCUT2D eigenvalue weighted by molar-refractivity contribution is 7.99. The molecule has 1 amide bonds. The zero-order chi connectivity index (χ0) is 23.3. The zero-order valence-corrected chi connectivity index (χ0v) is 20.6. The van der Waals surface area contributed by atoms with Crippen molar-refractivity contribution in [2.24, 2.45) is 0 Å². The van der Waals surface area contributed by atoms with E-state index < -0.39 is 10.0 Å². The van der Waals surface area contributed by atoms with Crippen LogP contribution in [0.4, 0.5) is 0 Å². The fraction of sp³-hybridized carbons (Fsp3) is 0.591. The summed E-state index contributed by atoms with van der Waals surface area (Å²) in [5, 5.41) is 9.29. The van der Waals surface area contributed by atoms with Crippen molar-refractivity contribution in [3.63, 3.8) is 0 Å². The summed E-state index contributed by atoms with van der Waals surface area (Å²) in [7, 11) is -3.49. The number of sulfonamides is 1. The molecule has 0 unspecified atom stereocenters. The maximum atomic E-state index is 13.0. The van der Waals surface area contributed by atoms with Gasteiger partial charge in [0.05, 0.1) is 23.9 Å². The molecule has 0 N–H and O–H groups in total. The highest BCUT2D eigenvalue weighted by atomic mass is 32.2. The van der Waals surface area contributed by atoms with Crippen molar-refractivity contribution in [1.29, 1.82) is 0 Å². The molecule has 11 heteroatoms. The van der Waals surface area contributed by atoms with Crippen molar-refractivity contribution in [3.8, 4) is 11.4 Å². The standard InChI is InChI=1S/C22H31N5O4S2/c1-2-27-21(23-24-22(27)32-17-20(28)25-13-15-31-16-14-25)18-7-9-19(10-8-18)33(29,30)26-11-5-3-4-6-12-26/h7-10H,2-6,11-17H2,1H3. The van der Waals surface area contributed by atoms with Gasteiger partial charge in [-0.2, -0.15) is 4.31 Å². The first-order valence-corrected chi connectivity index (χ1v) is 14.0. The molecule has 0 radical (unpaired) electrons. The lowest BCUT2D eigenvalue weighted by Gasteiger charge is -2.26. The summed E-state index contributed by atoms with van der Waals surface area (Å²) in [5.74, 6) is 1.03. The molecule has 0 bridgehead atoms. The Labute approximate surface area is 199 Å². The molecule has 2 aliphatic heterocycles. The third-order valence-corrected chi connectivity index (χ3v) is 8.90. The van der Waals surface area contributed by atoms with E-state index in [2.05, 4.69) is 10.2 Å². The minimum Gasteiger partial charge on any atom is -0.378 e. The van der Waals surface area contributed by atoms with Crippen LogP contribution in [-0.2, 0) is 26.1 Å². The monoisotopic (exact) mass is 493 g/mol. The summed E-state index contributed by atoms with van der Waals surface area (Å²) in [6.07, 6.45) is 3.98. The highest BCUT2D eigenvalue weighted by Gasteiger charge is 2.25. The molecule has 2 aromatic rings. The van der Waals surface area contributed by atoms with Gasteiger partial charge in [0.2, 0.25) is 15.9 Å². The Balaban J connectivity index is 1.46. The maximum Gasteiger partial charge on any atom is 0.243 e. The van der Waals surface area contributed by atoms with E-state index in [0.29, 0.717) is 67.6 Å². The molecule has 4 rings (SSSR count). The molecule has 0 saturated carbocycles. The van der Waals surface area contributed by atoms with Crippen molar-refractivity contribution in [2.45, 2.75) is 49.2 Å². The summed E-state index contributed by atoms with van der Waals surface area (Å²) in [6, 6.07) is 6.88. The number of amides is 1. The number of benzene rings is 1. The van der Waals surface area contributed by atoms with Crippen molar-refractivity contribution in [3.05, 3.63) is 24.3 Å². The van der Waals surface area contributed by atoms with Crippen LogP contribution >= 0.6 is 11.8 Å². The first kappa shape index (κ1) is 24.2. The Kier molecular flexibility index (Phi) is 8.05. The molecule has 33 heavy (non-hydrogen) atoms. The zero-order valence-electron chi connectivity index (χ0n) is 19.0. The van der Waals surface area contributed by atoms with Gasteiger partial charge in [0.25, 0.3) is 0 Å². The van der Waals surface area contributed by atoms with Crippen LogP contribution in [0.5, 0.6) is 0 Å². The second-order valence-electron chi connectivity index (χ2n) is 8.17. The Hall–Kier alpha value is -1.95. The lowest BCUT2D eigenvalue weighted by molar-refractivity contribution is -0.132. The number of hydrogen-bond donors (Lipinski definition) is 0. The van der Waals surface area contributed by atoms with E-state index >= 15 is 0 Å². The molecule has 3 heterocycles.